The van der Waals surface area contributed by atoms with E-state index in [1.807, 2.05) is 49.4 Å². The van der Waals surface area contributed by atoms with E-state index in [0.717, 1.165) is 23.3 Å². The van der Waals surface area contributed by atoms with E-state index in [2.05, 4.69) is 11.4 Å². The maximum Gasteiger partial charge on any atom is 0.224 e. The molecule has 0 bridgehead atoms. The van der Waals surface area contributed by atoms with Crippen LogP contribution in [0.25, 0.3) is 0 Å². The molecule has 3 rings (SSSR count). The summed E-state index contributed by atoms with van der Waals surface area (Å²) >= 11 is 0. The van der Waals surface area contributed by atoms with Crippen molar-refractivity contribution in [3.8, 4) is 5.75 Å². The number of hydrogen-bond donors (Lipinski definition) is 1. The van der Waals surface area contributed by atoms with Gasteiger partial charge in [0.05, 0.1) is 18.8 Å². The lowest BCUT2D eigenvalue weighted by molar-refractivity contribution is -0.120. The van der Waals surface area contributed by atoms with Crippen LogP contribution in [0.1, 0.15) is 30.0 Å². The Hall–Kier alpha value is -2.38. The standard InChI is InChI=1S/C22H28N2O4S/c1-2-28-21-10-8-18(9-11-21)16-22(25)23-13-5-15-29(26,27)24-14-12-19-6-3-4-7-20(19)17-24/h3-4,6-11H,2,5,12-17H2,1H3,(H,23,25). The molecule has 2 aromatic carbocycles. The van der Waals surface area contributed by atoms with E-state index in [-0.39, 0.29) is 18.1 Å². The molecule has 1 aliphatic heterocycles. The number of nitrogens with one attached hydrogen (secondary N) is 1. The van der Waals surface area contributed by atoms with E-state index in [4.69, 9.17) is 4.74 Å². The minimum Gasteiger partial charge on any atom is -0.494 e. The summed E-state index contributed by atoms with van der Waals surface area (Å²) in [6.45, 7) is 3.82. The van der Waals surface area contributed by atoms with Crippen molar-refractivity contribution in [1.82, 2.24) is 9.62 Å². The first kappa shape index (κ1) is 21.3. The van der Waals surface area contributed by atoms with E-state index >= 15 is 0 Å². The number of ether oxygens (including phenoxy) is 1. The molecule has 7 heteroatoms. The highest BCUT2D eigenvalue weighted by molar-refractivity contribution is 7.89. The Morgan fingerprint density at radius 1 is 1.10 bits per heavy atom. The minimum atomic E-state index is -3.33. The van der Waals surface area contributed by atoms with E-state index in [1.54, 1.807) is 4.31 Å². The van der Waals surface area contributed by atoms with Gasteiger partial charge in [0.25, 0.3) is 0 Å². The van der Waals surface area contributed by atoms with Gasteiger partial charge in [0.2, 0.25) is 15.9 Å². The van der Waals surface area contributed by atoms with Crippen LogP contribution < -0.4 is 10.1 Å². The molecule has 0 saturated carbocycles. The molecule has 6 nitrogen and oxygen atoms in total. The Kier molecular flexibility index (Phi) is 7.28. The Labute approximate surface area is 172 Å². The molecular formula is C22H28N2O4S. The van der Waals surface area contributed by atoms with Crippen LogP contribution in [0.15, 0.2) is 48.5 Å². The van der Waals surface area contributed by atoms with Crippen LogP contribution in [0.2, 0.25) is 0 Å². The third kappa shape index (κ3) is 6.05. The van der Waals surface area contributed by atoms with E-state index in [9.17, 15) is 13.2 Å². The predicted octanol–water partition coefficient (Wildman–Crippen LogP) is 2.52. The number of carbonyl (C=O) groups excluding carboxylic acids is 1. The first-order valence-electron chi connectivity index (χ1n) is 10.0. The number of amides is 1. The molecule has 0 atom stereocenters. The molecule has 0 spiro atoms. The summed E-state index contributed by atoms with van der Waals surface area (Å²) in [5.74, 6) is 0.707. The summed E-state index contributed by atoms with van der Waals surface area (Å²) < 4.78 is 32.2. The van der Waals surface area contributed by atoms with Gasteiger partial charge in [-0.3, -0.25) is 4.79 Å². The zero-order chi connectivity index (χ0) is 20.7. The van der Waals surface area contributed by atoms with Crippen molar-refractivity contribution in [3.63, 3.8) is 0 Å². The molecule has 1 heterocycles. The lowest BCUT2D eigenvalue weighted by Gasteiger charge is -2.28. The molecular weight excluding hydrogens is 388 g/mol. The van der Waals surface area contributed by atoms with Gasteiger partial charge in [-0.15, -0.1) is 0 Å². The molecule has 1 N–H and O–H groups in total. The second kappa shape index (κ2) is 9.89. The fraction of sp³-hybridized carbons (Fsp3) is 0.409. The highest BCUT2D eigenvalue weighted by atomic mass is 32.2. The number of fused-ring (bicyclic) bond motifs is 1. The number of hydrogen-bond acceptors (Lipinski definition) is 4. The third-order valence-corrected chi connectivity index (χ3v) is 6.89. The van der Waals surface area contributed by atoms with Gasteiger partial charge in [-0.05, 0) is 48.6 Å². The average molecular weight is 417 g/mol. The average Bonchev–Trinajstić information content (AvgIpc) is 2.72. The fourth-order valence-corrected chi connectivity index (χ4v) is 4.91. The van der Waals surface area contributed by atoms with Gasteiger partial charge in [0.15, 0.2) is 0 Å². The molecule has 0 aliphatic carbocycles. The predicted molar refractivity (Wildman–Crippen MR) is 113 cm³/mol. The smallest absolute Gasteiger partial charge is 0.224 e. The van der Waals surface area contributed by atoms with Gasteiger partial charge >= 0.3 is 0 Å². The zero-order valence-corrected chi connectivity index (χ0v) is 17.6. The van der Waals surface area contributed by atoms with Crippen molar-refractivity contribution in [2.45, 2.75) is 32.7 Å². The Morgan fingerprint density at radius 2 is 1.83 bits per heavy atom. The van der Waals surface area contributed by atoms with Crippen molar-refractivity contribution >= 4 is 15.9 Å². The number of nitrogens with zero attached hydrogens (tertiary/aromatic N) is 1. The Morgan fingerprint density at radius 3 is 2.55 bits per heavy atom. The van der Waals surface area contributed by atoms with Crippen LogP contribution in [0.5, 0.6) is 5.75 Å². The lowest BCUT2D eigenvalue weighted by atomic mass is 10.0. The molecule has 1 aliphatic rings. The highest BCUT2D eigenvalue weighted by Gasteiger charge is 2.25. The summed E-state index contributed by atoms with van der Waals surface area (Å²) in [7, 11) is -3.33. The van der Waals surface area contributed by atoms with Crippen LogP contribution in [0.3, 0.4) is 0 Å². The Balaban J connectivity index is 1.41. The van der Waals surface area contributed by atoms with Crippen molar-refractivity contribution in [2.75, 3.05) is 25.4 Å². The summed E-state index contributed by atoms with van der Waals surface area (Å²) in [5.41, 5.74) is 3.19. The summed E-state index contributed by atoms with van der Waals surface area (Å²) in [6.07, 6.45) is 1.41. The Bertz CT molecular complexity index is 926. The third-order valence-electron chi connectivity index (χ3n) is 4.99. The van der Waals surface area contributed by atoms with Gasteiger partial charge in [-0.25, -0.2) is 8.42 Å². The normalized spacial score (nSPS) is 14.2. The topological polar surface area (TPSA) is 75.7 Å². The largest absolute Gasteiger partial charge is 0.494 e. The zero-order valence-electron chi connectivity index (χ0n) is 16.8. The van der Waals surface area contributed by atoms with E-state index in [1.165, 1.54) is 5.56 Å². The van der Waals surface area contributed by atoms with E-state index in [0.29, 0.717) is 32.7 Å². The quantitative estimate of drug-likeness (QED) is 0.638. The fourth-order valence-electron chi connectivity index (χ4n) is 3.44. The van der Waals surface area contributed by atoms with Crippen LogP contribution in [0.4, 0.5) is 0 Å². The lowest BCUT2D eigenvalue weighted by Crippen LogP contribution is -2.38. The van der Waals surface area contributed by atoms with Gasteiger partial charge in [-0.1, -0.05) is 36.4 Å². The van der Waals surface area contributed by atoms with Gasteiger partial charge in [0.1, 0.15) is 5.75 Å². The van der Waals surface area contributed by atoms with Crippen LogP contribution >= 0.6 is 0 Å². The van der Waals surface area contributed by atoms with Crippen LogP contribution in [-0.4, -0.2) is 44.1 Å². The van der Waals surface area contributed by atoms with Crippen molar-refractivity contribution in [1.29, 1.82) is 0 Å². The molecule has 0 fully saturated rings. The molecule has 1 amide bonds. The number of rotatable bonds is 9. The summed E-state index contributed by atoms with van der Waals surface area (Å²) in [4.78, 5) is 12.1. The van der Waals surface area contributed by atoms with Crippen molar-refractivity contribution in [2.24, 2.45) is 0 Å². The maximum atomic E-state index is 12.6. The number of benzene rings is 2. The van der Waals surface area contributed by atoms with E-state index < -0.39 is 10.0 Å². The van der Waals surface area contributed by atoms with Gasteiger partial charge in [-0.2, -0.15) is 4.31 Å². The SMILES string of the molecule is CCOc1ccc(CC(=O)NCCCS(=O)(=O)N2CCc3ccccc3C2)cc1. The molecule has 0 unspecified atom stereocenters. The van der Waals surface area contributed by atoms with Gasteiger partial charge in [0, 0.05) is 19.6 Å². The molecule has 0 saturated heterocycles. The van der Waals surface area contributed by atoms with Crippen molar-refractivity contribution in [3.05, 3.63) is 65.2 Å². The summed E-state index contributed by atoms with van der Waals surface area (Å²) in [6, 6.07) is 15.4. The second-order valence-corrected chi connectivity index (χ2v) is 9.21. The molecule has 29 heavy (non-hydrogen) atoms. The first-order valence-corrected chi connectivity index (χ1v) is 11.6. The monoisotopic (exact) mass is 416 g/mol. The molecule has 0 radical (unpaired) electrons. The molecule has 0 aromatic heterocycles. The maximum absolute atomic E-state index is 12.6. The van der Waals surface area contributed by atoms with Gasteiger partial charge < -0.3 is 10.1 Å². The van der Waals surface area contributed by atoms with Crippen LogP contribution in [-0.2, 0) is 34.2 Å². The first-order chi connectivity index (χ1) is 14.0. The van der Waals surface area contributed by atoms with Crippen molar-refractivity contribution < 1.29 is 17.9 Å². The molecule has 156 valence electrons. The number of carbonyl (C=O) groups is 1. The minimum absolute atomic E-state index is 0.0402. The summed E-state index contributed by atoms with van der Waals surface area (Å²) in [5, 5.41) is 2.81. The van der Waals surface area contributed by atoms with Crippen LogP contribution in [0, 0.1) is 0 Å². The second-order valence-electron chi connectivity index (χ2n) is 7.13. The molecule has 2 aromatic rings. The highest BCUT2D eigenvalue weighted by Crippen LogP contribution is 2.21. The number of sulfonamides is 1.